The van der Waals surface area contributed by atoms with Gasteiger partial charge in [-0.05, 0) is 83.5 Å². The van der Waals surface area contributed by atoms with Crippen LogP contribution in [0.25, 0.3) is 0 Å². The molecule has 0 heterocycles. The van der Waals surface area contributed by atoms with Crippen LogP contribution in [0.5, 0.6) is 11.5 Å². The van der Waals surface area contributed by atoms with Gasteiger partial charge in [0.2, 0.25) is 8.32 Å². The fourth-order valence-electron chi connectivity index (χ4n) is 1.68. The highest BCUT2D eigenvalue weighted by atomic mass is 127. The predicted octanol–water partition coefficient (Wildman–Crippen LogP) is 7.37. The fourth-order valence-corrected chi connectivity index (χ4v) is 4.54. The lowest BCUT2D eigenvalue weighted by Gasteiger charge is -2.38. The minimum absolute atomic E-state index is 0.195. The number of halogens is 1. The zero-order chi connectivity index (χ0) is 19.1. The molecule has 0 aliphatic carbocycles. The summed E-state index contributed by atoms with van der Waals surface area (Å²) < 4.78 is 14.2. The Morgan fingerprint density at radius 1 is 0.750 bits per heavy atom. The summed E-state index contributed by atoms with van der Waals surface area (Å²) in [6, 6.07) is 4.31. The number of rotatable bonds is 4. The Morgan fingerprint density at radius 3 is 1.50 bits per heavy atom. The van der Waals surface area contributed by atoms with Crippen molar-refractivity contribution >= 4 is 39.2 Å². The zero-order valence-corrected chi connectivity index (χ0v) is 21.5. The van der Waals surface area contributed by atoms with E-state index in [9.17, 15) is 0 Å². The third kappa shape index (κ3) is 5.00. The number of benzene rings is 1. The topological polar surface area (TPSA) is 18.5 Å². The van der Waals surface area contributed by atoms with Gasteiger partial charge in [0.1, 0.15) is 11.5 Å². The van der Waals surface area contributed by atoms with E-state index in [-0.39, 0.29) is 10.1 Å². The van der Waals surface area contributed by atoms with E-state index in [1.165, 1.54) is 0 Å². The van der Waals surface area contributed by atoms with Crippen LogP contribution in [0.2, 0.25) is 36.3 Å². The Kier molecular flexibility index (Phi) is 6.38. The lowest BCUT2D eigenvalue weighted by molar-refractivity contribution is 0.477. The maximum atomic E-state index is 6.52. The maximum Gasteiger partial charge on any atom is 0.250 e. The normalized spacial score (nSPS) is 13.8. The van der Waals surface area contributed by atoms with E-state index in [0.29, 0.717) is 0 Å². The van der Waals surface area contributed by atoms with Crippen molar-refractivity contribution in [2.24, 2.45) is 0 Å². The highest BCUT2D eigenvalue weighted by molar-refractivity contribution is 14.1. The summed E-state index contributed by atoms with van der Waals surface area (Å²) in [5, 5.41) is 0.390. The molecule has 0 radical (unpaired) electrons. The number of hydrogen-bond donors (Lipinski definition) is 0. The summed E-state index contributed by atoms with van der Waals surface area (Å²) in [4.78, 5) is 0. The van der Waals surface area contributed by atoms with Crippen molar-refractivity contribution in [2.75, 3.05) is 0 Å². The van der Waals surface area contributed by atoms with Crippen LogP contribution >= 0.6 is 22.6 Å². The van der Waals surface area contributed by atoms with Crippen molar-refractivity contribution in [3.05, 3.63) is 21.3 Å². The summed E-state index contributed by atoms with van der Waals surface area (Å²) in [5.41, 5.74) is 1.16. The minimum atomic E-state index is -1.83. The van der Waals surface area contributed by atoms with E-state index in [1.54, 1.807) is 0 Å². The molecule has 138 valence electrons. The summed E-state index contributed by atoms with van der Waals surface area (Å²) >= 11 is 2.38. The molecule has 0 amide bonds. The van der Waals surface area contributed by atoms with E-state index < -0.39 is 16.6 Å². The van der Waals surface area contributed by atoms with Crippen LogP contribution in [0.1, 0.15) is 47.1 Å². The molecule has 0 N–H and O–H groups in total. The average molecular weight is 479 g/mol. The molecule has 0 saturated carbocycles. The molecule has 0 aliphatic heterocycles. The van der Waals surface area contributed by atoms with Crippen molar-refractivity contribution < 1.29 is 8.85 Å². The highest BCUT2D eigenvalue weighted by Crippen LogP contribution is 2.42. The molecule has 0 bridgehead atoms. The quantitative estimate of drug-likeness (QED) is 0.332. The van der Waals surface area contributed by atoms with Crippen molar-refractivity contribution in [2.45, 2.75) is 84.7 Å². The molecule has 2 nitrogen and oxygen atoms in total. The minimum Gasteiger partial charge on any atom is -0.543 e. The van der Waals surface area contributed by atoms with Crippen LogP contribution in [0, 0.1) is 10.5 Å². The maximum absolute atomic E-state index is 6.52. The van der Waals surface area contributed by atoms with Gasteiger partial charge in [0, 0.05) is 0 Å². The SMILES string of the molecule is Cc1cc(O[Si](C)(C)C(C)(C)C)c(I)cc1O[Si](C)(C)C(C)(C)C. The van der Waals surface area contributed by atoms with E-state index in [0.717, 1.165) is 20.6 Å². The standard InChI is InChI=1S/C19H35IO2Si2/c1-14-12-17(22-24(10,11)19(5,6)7)15(20)13-16(14)21-23(8,9)18(2,3)4/h12-13H,1-11H3. The third-order valence-corrected chi connectivity index (χ3v) is 15.1. The van der Waals surface area contributed by atoms with Gasteiger partial charge in [-0.2, -0.15) is 0 Å². The molecule has 24 heavy (non-hydrogen) atoms. The second kappa shape index (κ2) is 6.95. The van der Waals surface area contributed by atoms with Gasteiger partial charge in [0.25, 0.3) is 8.32 Å². The first-order valence-electron chi connectivity index (χ1n) is 8.66. The summed E-state index contributed by atoms with van der Waals surface area (Å²) in [7, 11) is -3.66. The van der Waals surface area contributed by atoms with Crippen LogP contribution in [0.4, 0.5) is 0 Å². The van der Waals surface area contributed by atoms with Crippen LogP contribution in [0.3, 0.4) is 0 Å². The Labute approximate surface area is 165 Å². The molecule has 0 fully saturated rings. The molecule has 1 aromatic rings. The predicted molar refractivity (Wildman–Crippen MR) is 120 cm³/mol. The molecule has 0 aromatic heterocycles. The van der Waals surface area contributed by atoms with Gasteiger partial charge in [-0.3, -0.25) is 0 Å². The molecule has 0 spiro atoms. The van der Waals surface area contributed by atoms with Gasteiger partial charge < -0.3 is 8.85 Å². The zero-order valence-electron chi connectivity index (χ0n) is 17.3. The van der Waals surface area contributed by atoms with Crippen LogP contribution in [-0.2, 0) is 0 Å². The Hall–Kier alpha value is -0.0162. The summed E-state index contributed by atoms with van der Waals surface area (Å²) in [6.07, 6.45) is 0. The van der Waals surface area contributed by atoms with Crippen molar-refractivity contribution in [3.8, 4) is 11.5 Å². The lowest BCUT2D eigenvalue weighted by Crippen LogP contribution is -2.44. The first kappa shape index (κ1) is 22.0. The van der Waals surface area contributed by atoms with Crippen LogP contribution in [0.15, 0.2) is 12.1 Å². The van der Waals surface area contributed by atoms with E-state index in [1.807, 2.05) is 0 Å². The monoisotopic (exact) mass is 478 g/mol. The highest BCUT2D eigenvalue weighted by Gasteiger charge is 2.40. The van der Waals surface area contributed by atoms with E-state index in [2.05, 4.69) is 109 Å². The number of hydrogen-bond acceptors (Lipinski definition) is 2. The second-order valence-electron chi connectivity index (χ2n) is 9.77. The Bertz CT molecular complexity index is 543. The molecular formula is C19H35IO2Si2. The summed E-state index contributed by atoms with van der Waals surface area (Å²) in [6.45, 7) is 24.9. The van der Waals surface area contributed by atoms with Crippen LogP contribution in [-0.4, -0.2) is 16.6 Å². The van der Waals surface area contributed by atoms with Gasteiger partial charge in [0.05, 0.1) is 3.57 Å². The van der Waals surface area contributed by atoms with Gasteiger partial charge >= 0.3 is 0 Å². The molecule has 1 rings (SSSR count). The smallest absolute Gasteiger partial charge is 0.250 e. The Balaban J connectivity index is 3.16. The van der Waals surface area contributed by atoms with E-state index in [4.69, 9.17) is 8.85 Å². The largest absolute Gasteiger partial charge is 0.543 e. The lowest BCUT2D eigenvalue weighted by atomic mass is 10.2. The molecule has 0 saturated heterocycles. The van der Waals surface area contributed by atoms with E-state index >= 15 is 0 Å². The molecular weight excluding hydrogens is 443 g/mol. The second-order valence-corrected chi connectivity index (χ2v) is 20.4. The average Bonchev–Trinajstić information content (AvgIpc) is 2.31. The van der Waals surface area contributed by atoms with Gasteiger partial charge in [-0.15, -0.1) is 0 Å². The number of aryl methyl sites for hydroxylation is 1. The van der Waals surface area contributed by atoms with Crippen molar-refractivity contribution in [1.29, 1.82) is 0 Å². The molecule has 5 heteroatoms. The summed E-state index contributed by atoms with van der Waals surface area (Å²) in [5.74, 6) is 2.01. The molecule has 0 atom stereocenters. The first-order chi connectivity index (χ1) is 10.5. The third-order valence-electron chi connectivity index (χ3n) is 5.57. The van der Waals surface area contributed by atoms with Crippen molar-refractivity contribution in [3.63, 3.8) is 0 Å². The first-order valence-corrected chi connectivity index (χ1v) is 15.6. The molecule has 1 aromatic carbocycles. The van der Waals surface area contributed by atoms with Crippen LogP contribution < -0.4 is 8.85 Å². The van der Waals surface area contributed by atoms with Gasteiger partial charge in [-0.1, -0.05) is 41.5 Å². The van der Waals surface area contributed by atoms with Gasteiger partial charge in [-0.25, -0.2) is 0 Å². The molecule has 0 unspecified atom stereocenters. The Morgan fingerprint density at radius 2 is 1.12 bits per heavy atom. The van der Waals surface area contributed by atoms with Gasteiger partial charge in [0.15, 0.2) is 0 Å². The fraction of sp³-hybridized carbons (Fsp3) is 0.684. The van der Waals surface area contributed by atoms with Crippen molar-refractivity contribution in [1.82, 2.24) is 0 Å². The molecule has 0 aliphatic rings.